The average Bonchev–Trinajstić information content (AvgIpc) is 3.86. The molecule has 1 unspecified atom stereocenters. The number of aromatic nitrogens is 1. The second kappa shape index (κ2) is 18.5. The van der Waals surface area contributed by atoms with Crippen LogP contribution < -0.4 is 14.8 Å². The number of esters is 2. The topological polar surface area (TPSA) is 99.2 Å². The second-order valence-electron chi connectivity index (χ2n) is 13.4. The normalized spacial score (nSPS) is 16.3. The molecular formula is C39H41Cl2F2N3O6S. The Hall–Kier alpha value is -3.81. The van der Waals surface area contributed by atoms with Crippen LogP contribution in [0.2, 0.25) is 10.0 Å². The number of thiophene rings is 1. The van der Waals surface area contributed by atoms with Crippen molar-refractivity contribution in [2.45, 2.75) is 57.4 Å². The van der Waals surface area contributed by atoms with Gasteiger partial charge in [0.1, 0.15) is 17.0 Å². The number of nitrogens with zero attached hydrogens (tertiary/aromatic N) is 2. The molecule has 6 rings (SSSR count). The van der Waals surface area contributed by atoms with Gasteiger partial charge in [0.05, 0.1) is 23.3 Å². The number of ether oxygens (including phenoxy) is 4. The van der Waals surface area contributed by atoms with Gasteiger partial charge in [-0.2, -0.15) is 8.78 Å². The largest absolute Gasteiger partial charge is 0.489 e. The SMILES string of the molecule is CN1CCC(COC(=O)C(NCc2ccc(C(=O)O[C@@H](Cc3c(Cl)cncc3Cl)c3ccc(OC(F)F)c(OCC4CC4)c3)s2)c2ccccc2)CC1. The van der Waals surface area contributed by atoms with Crippen LogP contribution in [0.3, 0.4) is 0 Å². The van der Waals surface area contributed by atoms with Gasteiger partial charge >= 0.3 is 18.6 Å². The van der Waals surface area contributed by atoms with Gasteiger partial charge < -0.3 is 23.8 Å². The Balaban J connectivity index is 1.17. The molecule has 2 aliphatic rings. The molecule has 14 heteroatoms. The van der Waals surface area contributed by atoms with E-state index in [1.807, 2.05) is 30.3 Å². The minimum Gasteiger partial charge on any atom is -0.489 e. The van der Waals surface area contributed by atoms with E-state index >= 15 is 0 Å². The van der Waals surface area contributed by atoms with Gasteiger partial charge in [0, 0.05) is 30.2 Å². The third-order valence-corrected chi connectivity index (χ3v) is 11.0. The maximum atomic E-state index is 13.7. The number of hydrogen-bond acceptors (Lipinski definition) is 10. The van der Waals surface area contributed by atoms with Crippen molar-refractivity contribution in [1.82, 2.24) is 15.2 Å². The van der Waals surface area contributed by atoms with E-state index < -0.39 is 24.7 Å². The van der Waals surface area contributed by atoms with Crippen molar-refractivity contribution < 1.29 is 37.3 Å². The zero-order valence-electron chi connectivity index (χ0n) is 29.2. The van der Waals surface area contributed by atoms with Gasteiger partial charge in [-0.1, -0.05) is 59.6 Å². The van der Waals surface area contributed by atoms with E-state index in [4.69, 9.17) is 42.1 Å². The highest BCUT2D eigenvalue weighted by Crippen LogP contribution is 2.38. The number of carbonyl (C=O) groups is 2. The van der Waals surface area contributed by atoms with Crippen LogP contribution in [0, 0.1) is 11.8 Å². The number of alkyl halides is 2. The first-order valence-electron chi connectivity index (χ1n) is 17.6. The summed E-state index contributed by atoms with van der Waals surface area (Å²) in [7, 11) is 2.09. The predicted octanol–water partition coefficient (Wildman–Crippen LogP) is 8.70. The van der Waals surface area contributed by atoms with E-state index in [1.165, 1.54) is 29.8 Å². The lowest BCUT2D eigenvalue weighted by Gasteiger charge is -2.29. The van der Waals surface area contributed by atoms with Crippen LogP contribution in [0.5, 0.6) is 11.5 Å². The van der Waals surface area contributed by atoms with Crippen LogP contribution in [-0.4, -0.2) is 61.8 Å². The minimum absolute atomic E-state index is 0.0707. The van der Waals surface area contributed by atoms with Crippen molar-refractivity contribution in [1.29, 1.82) is 0 Å². The quantitative estimate of drug-likeness (QED) is 0.105. The summed E-state index contributed by atoms with van der Waals surface area (Å²) in [5.41, 5.74) is 1.75. The van der Waals surface area contributed by atoms with Crippen molar-refractivity contribution in [2.75, 3.05) is 33.4 Å². The van der Waals surface area contributed by atoms with Gasteiger partial charge in [0.15, 0.2) is 11.5 Å². The van der Waals surface area contributed by atoms with Gasteiger partial charge in [0.25, 0.3) is 0 Å². The molecule has 9 nitrogen and oxygen atoms in total. The molecule has 0 bridgehead atoms. The van der Waals surface area contributed by atoms with Crippen molar-refractivity contribution in [3.8, 4) is 11.5 Å². The molecule has 53 heavy (non-hydrogen) atoms. The Labute approximate surface area is 321 Å². The van der Waals surface area contributed by atoms with Crippen LogP contribution in [0.4, 0.5) is 8.78 Å². The van der Waals surface area contributed by atoms with Crippen molar-refractivity contribution in [3.05, 3.63) is 110 Å². The van der Waals surface area contributed by atoms with Gasteiger partial charge in [-0.25, -0.2) is 9.59 Å². The lowest BCUT2D eigenvalue weighted by atomic mass is 9.98. The molecule has 1 saturated carbocycles. The molecule has 0 radical (unpaired) electrons. The molecule has 1 aliphatic carbocycles. The molecule has 2 atom stereocenters. The van der Waals surface area contributed by atoms with E-state index in [9.17, 15) is 18.4 Å². The number of nitrogens with one attached hydrogen (secondary N) is 1. The van der Waals surface area contributed by atoms with Crippen molar-refractivity contribution >= 4 is 46.5 Å². The fourth-order valence-electron chi connectivity index (χ4n) is 6.04. The summed E-state index contributed by atoms with van der Waals surface area (Å²) in [5, 5.41) is 3.88. The van der Waals surface area contributed by atoms with Gasteiger partial charge in [-0.15, -0.1) is 11.3 Å². The molecule has 2 fully saturated rings. The molecule has 2 aromatic carbocycles. The van der Waals surface area contributed by atoms with Crippen LogP contribution in [0.25, 0.3) is 0 Å². The van der Waals surface area contributed by atoms with E-state index in [0.29, 0.717) is 47.6 Å². The highest BCUT2D eigenvalue weighted by molar-refractivity contribution is 7.13. The lowest BCUT2D eigenvalue weighted by Crippen LogP contribution is -2.34. The number of halogens is 4. The highest BCUT2D eigenvalue weighted by Gasteiger charge is 2.28. The number of likely N-dealkylation sites (tertiary alicyclic amines) is 1. The van der Waals surface area contributed by atoms with Crippen molar-refractivity contribution in [3.63, 3.8) is 0 Å². The Morgan fingerprint density at radius 3 is 2.34 bits per heavy atom. The zero-order valence-corrected chi connectivity index (χ0v) is 31.5. The average molecular weight is 789 g/mol. The van der Waals surface area contributed by atoms with Crippen LogP contribution in [0.15, 0.2) is 73.1 Å². The maximum Gasteiger partial charge on any atom is 0.387 e. The molecule has 282 valence electrons. The Kier molecular flexibility index (Phi) is 13.6. The Bertz CT molecular complexity index is 1820. The third kappa shape index (κ3) is 11.1. The first-order chi connectivity index (χ1) is 25.6. The maximum absolute atomic E-state index is 13.7. The fourth-order valence-corrected chi connectivity index (χ4v) is 7.40. The lowest BCUT2D eigenvalue weighted by molar-refractivity contribution is -0.148. The van der Waals surface area contributed by atoms with E-state index in [2.05, 4.69) is 22.2 Å². The molecular weight excluding hydrogens is 747 g/mol. The van der Waals surface area contributed by atoms with Gasteiger partial charge in [-0.3, -0.25) is 10.3 Å². The molecule has 2 aromatic heterocycles. The monoisotopic (exact) mass is 787 g/mol. The summed E-state index contributed by atoms with van der Waals surface area (Å²) in [5.74, 6) is -0.292. The number of carbonyl (C=O) groups excluding carboxylic acids is 2. The third-order valence-electron chi connectivity index (χ3n) is 9.33. The molecule has 4 aromatic rings. The second-order valence-corrected chi connectivity index (χ2v) is 15.4. The molecule has 3 heterocycles. The summed E-state index contributed by atoms with van der Waals surface area (Å²) in [6.07, 6.45) is 5.98. The molecule has 1 aliphatic heterocycles. The van der Waals surface area contributed by atoms with Gasteiger partial charge in [-0.05, 0) is 98.6 Å². The van der Waals surface area contributed by atoms with E-state index in [0.717, 1.165) is 49.2 Å². The van der Waals surface area contributed by atoms with Gasteiger partial charge in [0.2, 0.25) is 0 Å². The van der Waals surface area contributed by atoms with Crippen molar-refractivity contribution in [2.24, 2.45) is 11.8 Å². The van der Waals surface area contributed by atoms with Crippen LogP contribution >= 0.6 is 34.5 Å². The Morgan fingerprint density at radius 1 is 0.925 bits per heavy atom. The number of rotatable bonds is 17. The summed E-state index contributed by atoms with van der Waals surface area (Å²) in [4.78, 5) is 34.5. The molecule has 1 N–H and O–H groups in total. The molecule has 0 spiro atoms. The first-order valence-corrected chi connectivity index (χ1v) is 19.1. The number of hydrogen-bond donors (Lipinski definition) is 1. The van der Waals surface area contributed by atoms with Crippen LogP contribution in [-0.2, 0) is 27.2 Å². The highest BCUT2D eigenvalue weighted by atomic mass is 35.5. The Morgan fingerprint density at radius 2 is 1.64 bits per heavy atom. The van der Waals surface area contributed by atoms with E-state index in [1.54, 1.807) is 24.3 Å². The number of benzene rings is 2. The predicted molar refractivity (Wildman–Crippen MR) is 199 cm³/mol. The summed E-state index contributed by atoms with van der Waals surface area (Å²) < 4.78 is 49.0. The van der Waals surface area contributed by atoms with E-state index in [-0.39, 0.29) is 33.9 Å². The summed E-state index contributed by atoms with van der Waals surface area (Å²) in [6, 6.07) is 16.6. The molecule has 0 amide bonds. The standard InChI is InChI=1S/C39H41Cl2F2N3O6S/c1-46-15-13-25(14-16-46)23-50-38(48)36(26-5-3-2-4-6-26)45-19-28-10-12-35(53-28)37(47)51-33(18-29-30(40)20-44-21-31(29)41)27-9-11-32(52-39(42)43)34(17-27)49-22-24-7-8-24/h2-6,9-12,17,20-21,24-25,33,36,39,45H,7-8,13-16,18-19,22-23H2,1H3/t33-,36?/m0/s1. The number of pyridine rings is 1. The first kappa shape index (κ1) is 38.9. The fraction of sp³-hybridized carbons (Fsp3) is 0.410. The van der Waals surface area contributed by atoms with Crippen LogP contribution in [0.1, 0.15) is 69.1 Å². The molecule has 1 saturated heterocycles. The number of piperidine rings is 1. The zero-order chi connectivity index (χ0) is 37.3. The summed E-state index contributed by atoms with van der Waals surface area (Å²) >= 11 is 14.1. The minimum atomic E-state index is -3.05. The summed E-state index contributed by atoms with van der Waals surface area (Å²) in [6.45, 7) is -0.0680. The smallest absolute Gasteiger partial charge is 0.387 e.